The topological polar surface area (TPSA) is 72.1 Å². The summed E-state index contributed by atoms with van der Waals surface area (Å²) in [4.78, 5) is 4.13. The van der Waals surface area contributed by atoms with Crippen LogP contribution < -0.4 is 5.32 Å². The number of hydrogen-bond acceptors (Lipinski definition) is 5. The minimum Gasteiger partial charge on any atom is -0.352 e. The summed E-state index contributed by atoms with van der Waals surface area (Å²) in [6.45, 7) is 6.53. The molecule has 0 saturated carbocycles. The Morgan fingerprint density at radius 2 is 2.05 bits per heavy atom. The van der Waals surface area contributed by atoms with E-state index in [-0.39, 0.29) is 6.29 Å². The fourth-order valence-electron chi connectivity index (χ4n) is 2.07. The van der Waals surface area contributed by atoms with E-state index in [1.165, 1.54) is 0 Å². The average Bonchev–Trinajstić information content (AvgIpc) is 2.97. The van der Waals surface area contributed by atoms with Crippen LogP contribution in [-0.4, -0.2) is 41.2 Å². The van der Waals surface area contributed by atoms with Gasteiger partial charge < -0.3 is 14.8 Å². The number of pyridine rings is 1. The molecular weight excluding hydrogens is 268 g/mol. The van der Waals surface area contributed by atoms with Crippen LogP contribution in [0, 0.1) is 0 Å². The van der Waals surface area contributed by atoms with Gasteiger partial charge in [-0.3, -0.25) is 10.1 Å². The average molecular weight is 290 g/mol. The Kier molecular flexibility index (Phi) is 6.33. The van der Waals surface area contributed by atoms with E-state index in [1.807, 2.05) is 38.4 Å². The molecular formula is C15H22N4O2. The third-order valence-corrected chi connectivity index (χ3v) is 3.00. The van der Waals surface area contributed by atoms with Crippen molar-refractivity contribution in [3.8, 4) is 11.3 Å². The van der Waals surface area contributed by atoms with E-state index < -0.39 is 0 Å². The van der Waals surface area contributed by atoms with Crippen LogP contribution in [0.15, 0.2) is 30.7 Å². The van der Waals surface area contributed by atoms with Crippen molar-refractivity contribution in [1.29, 1.82) is 0 Å². The molecule has 0 aliphatic carbocycles. The first kappa shape index (κ1) is 15.6. The van der Waals surface area contributed by atoms with Gasteiger partial charge in [0.05, 0.1) is 11.9 Å². The lowest BCUT2D eigenvalue weighted by atomic mass is 10.1. The zero-order valence-corrected chi connectivity index (χ0v) is 12.5. The number of H-pyrrole nitrogens is 1. The fourth-order valence-corrected chi connectivity index (χ4v) is 2.07. The van der Waals surface area contributed by atoms with Gasteiger partial charge in [-0.05, 0) is 26.0 Å². The highest BCUT2D eigenvalue weighted by molar-refractivity contribution is 5.61. The van der Waals surface area contributed by atoms with Gasteiger partial charge in [0, 0.05) is 49.8 Å². The number of nitrogens with zero attached hydrogens (tertiary/aromatic N) is 2. The van der Waals surface area contributed by atoms with Crippen LogP contribution >= 0.6 is 0 Å². The van der Waals surface area contributed by atoms with Gasteiger partial charge in [0.1, 0.15) is 0 Å². The Labute approximate surface area is 124 Å². The maximum absolute atomic E-state index is 5.50. The van der Waals surface area contributed by atoms with Crippen LogP contribution in [0.4, 0.5) is 0 Å². The zero-order chi connectivity index (χ0) is 14.9. The van der Waals surface area contributed by atoms with Crippen molar-refractivity contribution in [2.45, 2.75) is 26.7 Å². The van der Waals surface area contributed by atoms with Gasteiger partial charge >= 0.3 is 0 Å². The number of nitrogens with one attached hydrogen (secondary N) is 2. The first-order chi connectivity index (χ1) is 10.3. The second-order valence-electron chi connectivity index (χ2n) is 4.48. The lowest BCUT2D eigenvalue weighted by Crippen LogP contribution is -2.31. The van der Waals surface area contributed by atoms with Crippen LogP contribution in [0.2, 0.25) is 0 Å². The van der Waals surface area contributed by atoms with E-state index in [1.54, 1.807) is 6.20 Å². The van der Waals surface area contributed by atoms with Crippen LogP contribution in [0.25, 0.3) is 11.3 Å². The molecule has 0 amide bonds. The number of aromatic nitrogens is 3. The Bertz CT molecular complexity index is 509. The highest BCUT2D eigenvalue weighted by Gasteiger charge is 2.10. The molecule has 2 heterocycles. The van der Waals surface area contributed by atoms with Crippen molar-refractivity contribution in [2.75, 3.05) is 19.8 Å². The van der Waals surface area contributed by atoms with Gasteiger partial charge in [-0.1, -0.05) is 0 Å². The van der Waals surface area contributed by atoms with Crippen LogP contribution in [0.5, 0.6) is 0 Å². The second-order valence-corrected chi connectivity index (χ2v) is 4.48. The molecule has 0 spiro atoms. The first-order valence-electron chi connectivity index (χ1n) is 7.21. The summed E-state index contributed by atoms with van der Waals surface area (Å²) in [5.74, 6) is 0. The minimum absolute atomic E-state index is 0.214. The van der Waals surface area contributed by atoms with E-state index in [4.69, 9.17) is 9.47 Å². The Morgan fingerprint density at radius 3 is 2.71 bits per heavy atom. The van der Waals surface area contributed by atoms with E-state index in [0.29, 0.717) is 26.3 Å². The predicted molar refractivity (Wildman–Crippen MR) is 80.6 cm³/mol. The maximum Gasteiger partial charge on any atom is 0.169 e. The van der Waals surface area contributed by atoms with Crippen molar-refractivity contribution < 1.29 is 9.47 Å². The number of aromatic amines is 1. The Morgan fingerprint density at radius 1 is 1.24 bits per heavy atom. The van der Waals surface area contributed by atoms with Gasteiger partial charge in [-0.25, -0.2) is 0 Å². The maximum atomic E-state index is 5.50. The van der Waals surface area contributed by atoms with E-state index in [9.17, 15) is 0 Å². The first-order valence-corrected chi connectivity index (χ1v) is 7.21. The summed E-state index contributed by atoms with van der Waals surface area (Å²) < 4.78 is 11.0. The molecule has 0 saturated heterocycles. The molecule has 0 fully saturated rings. The monoisotopic (exact) mass is 290 g/mol. The molecule has 2 rings (SSSR count). The van der Waals surface area contributed by atoms with Crippen molar-refractivity contribution in [1.82, 2.24) is 20.5 Å². The molecule has 0 radical (unpaired) electrons. The third-order valence-electron chi connectivity index (χ3n) is 3.00. The highest BCUT2D eigenvalue weighted by atomic mass is 16.7. The predicted octanol–water partition coefficient (Wildman–Crippen LogP) is 1.96. The Balaban J connectivity index is 1.91. The molecule has 2 aromatic heterocycles. The summed E-state index contributed by atoms with van der Waals surface area (Å²) in [5, 5.41) is 10.5. The van der Waals surface area contributed by atoms with Crippen molar-refractivity contribution >= 4 is 0 Å². The molecule has 0 bridgehead atoms. The molecule has 0 aliphatic heterocycles. The van der Waals surface area contributed by atoms with E-state index >= 15 is 0 Å². The van der Waals surface area contributed by atoms with Crippen LogP contribution in [0.1, 0.15) is 19.4 Å². The van der Waals surface area contributed by atoms with E-state index in [0.717, 1.165) is 16.8 Å². The second kappa shape index (κ2) is 8.51. The minimum atomic E-state index is -0.214. The normalized spacial score (nSPS) is 11.2. The lowest BCUT2D eigenvalue weighted by Gasteiger charge is -2.17. The Hall–Kier alpha value is -1.76. The van der Waals surface area contributed by atoms with Gasteiger partial charge in [-0.15, -0.1) is 0 Å². The SMILES string of the molecule is CCOC(CNCc1cn[nH]c1-c1cccnc1)OCC. The smallest absolute Gasteiger partial charge is 0.169 e. The number of hydrogen-bond donors (Lipinski definition) is 2. The molecule has 0 aromatic carbocycles. The van der Waals surface area contributed by atoms with Gasteiger partial charge in [0.2, 0.25) is 0 Å². The van der Waals surface area contributed by atoms with Gasteiger partial charge in [-0.2, -0.15) is 5.10 Å². The molecule has 21 heavy (non-hydrogen) atoms. The standard InChI is InChI=1S/C15H22N4O2/c1-3-20-14(21-4-2)11-17-9-13-10-18-19-15(13)12-6-5-7-16-8-12/h5-8,10,14,17H,3-4,9,11H2,1-2H3,(H,18,19). The summed E-state index contributed by atoms with van der Waals surface area (Å²) in [5.41, 5.74) is 3.10. The highest BCUT2D eigenvalue weighted by Crippen LogP contribution is 2.19. The number of ether oxygens (including phenoxy) is 2. The summed E-state index contributed by atoms with van der Waals surface area (Å²) in [6, 6.07) is 3.92. The van der Waals surface area contributed by atoms with Gasteiger partial charge in [0.15, 0.2) is 6.29 Å². The van der Waals surface area contributed by atoms with E-state index in [2.05, 4.69) is 20.5 Å². The quantitative estimate of drug-likeness (QED) is 0.691. The number of rotatable bonds is 9. The summed E-state index contributed by atoms with van der Waals surface area (Å²) in [6.07, 6.45) is 5.19. The zero-order valence-electron chi connectivity index (χ0n) is 12.5. The molecule has 6 heteroatoms. The summed E-state index contributed by atoms with van der Waals surface area (Å²) >= 11 is 0. The molecule has 2 aromatic rings. The lowest BCUT2D eigenvalue weighted by molar-refractivity contribution is -0.133. The van der Waals surface area contributed by atoms with Crippen LogP contribution in [-0.2, 0) is 16.0 Å². The molecule has 0 aliphatic rings. The fraction of sp³-hybridized carbons (Fsp3) is 0.467. The molecule has 2 N–H and O–H groups in total. The largest absolute Gasteiger partial charge is 0.352 e. The summed E-state index contributed by atoms with van der Waals surface area (Å²) in [7, 11) is 0. The molecule has 0 atom stereocenters. The molecule has 114 valence electrons. The van der Waals surface area contributed by atoms with Gasteiger partial charge in [0.25, 0.3) is 0 Å². The molecule has 0 unspecified atom stereocenters. The molecule has 6 nitrogen and oxygen atoms in total. The van der Waals surface area contributed by atoms with Crippen LogP contribution in [0.3, 0.4) is 0 Å². The third kappa shape index (κ3) is 4.63. The van der Waals surface area contributed by atoms with Crippen molar-refractivity contribution in [3.63, 3.8) is 0 Å². The van der Waals surface area contributed by atoms with Crippen molar-refractivity contribution in [3.05, 3.63) is 36.3 Å². The van der Waals surface area contributed by atoms with Crippen molar-refractivity contribution in [2.24, 2.45) is 0 Å².